The molecule has 0 N–H and O–H groups in total. The van der Waals surface area contributed by atoms with Crippen molar-refractivity contribution in [1.82, 2.24) is 14.7 Å². The number of anilines is 1. The molecular weight excluding hydrogens is 422 g/mol. The first-order valence-corrected chi connectivity index (χ1v) is 12.0. The van der Waals surface area contributed by atoms with Crippen LogP contribution in [0.2, 0.25) is 0 Å². The number of nitro benzene ring substituents is 1. The Balaban J connectivity index is 1.46. The molecule has 4 rings (SSSR count). The number of rotatable bonds is 4. The Morgan fingerprint density at radius 3 is 2.52 bits per heavy atom. The van der Waals surface area contributed by atoms with Crippen molar-refractivity contribution in [2.24, 2.45) is 0 Å². The van der Waals surface area contributed by atoms with Crippen molar-refractivity contribution in [2.75, 3.05) is 42.6 Å². The Bertz CT molecular complexity index is 1130. The number of piperazine rings is 1. The van der Waals surface area contributed by atoms with Crippen LogP contribution in [0.3, 0.4) is 0 Å². The molecule has 2 aliphatic rings. The molecule has 31 heavy (non-hydrogen) atoms. The van der Waals surface area contributed by atoms with Crippen LogP contribution in [0.5, 0.6) is 0 Å². The SMILES string of the molecule is Cc1nn(C2CCS(=O)(=O)C2)c(C)c1N1CCN(C(=O)c2cccc([N+](=O)[O-])c2)CC1. The zero-order valence-corrected chi connectivity index (χ0v) is 18.3. The van der Waals surface area contributed by atoms with E-state index in [2.05, 4.69) is 10.00 Å². The van der Waals surface area contributed by atoms with Gasteiger partial charge in [0.1, 0.15) is 0 Å². The Kier molecular flexibility index (Phi) is 5.46. The number of carbonyl (C=O) groups is 1. The van der Waals surface area contributed by atoms with Crippen molar-refractivity contribution in [2.45, 2.75) is 26.3 Å². The topological polar surface area (TPSA) is 119 Å². The van der Waals surface area contributed by atoms with Crippen LogP contribution in [0, 0.1) is 24.0 Å². The molecule has 0 spiro atoms. The first kappa shape index (κ1) is 21.3. The molecule has 1 amide bonds. The van der Waals surface area contributed by atoms with E-state index in [0.29, 0.717) is 38.2 Å². The van der Waals surface area contributed by atoms with E-state index in [4.69, 9.17) is 0 Å². The van der Waals surface area contributed by atoms with E-state index in [-0.39, 0.29) is 29.1 Å². The zero-order valence-electron chi connectivity index (χ0n) is 17.5. The standard InChI is InChI=1S/C20H25N5O5S/c1-14-19(15(2)24(21-14)18-6-11-31(29,30)13-18)22-7-9-23(10-8-22)20(26)16-4-3-5-17(12-16)25(27)28/h3-5,12,18H,6-11,13H2,1-2H3. The molecule has 166 valence electrons. The van der Waals surface area contributed by atoms with Gasteiger partial charge in [0.05, 0.1) is 39.5 Å². The molecule has 2 aromatic rings. The van der Waals surface area contributed by atoms with Gasteiger partial charge >= 0.3 is 0 Å². The Labute approximate surface area is 180 Å². The van der Waals surface area contributed by atoms with Gasteiger partial charge < -0.3 is 9.80 Å². The Morgan fingerprint density at radius 1 is 1.19 bits per heavy atom. The van der Waals surface area contributed by atoms with Crippen LogP contribution in [0.25, 0.3) is 0 Å². The van der Waals surface area contributed by atoms with Crippen LogP contribution >= 0.6 is 0 Å². The molecule has 1 aromatic heterocycles. The normalized spacial score (nSPS) is 20.8. The van der Waals surface area contributed by atoms with E-state index in [9.17, 15) is 23.3 Å². The lowest BCUT2D eigenvalue weighted by molar-refractivity contribution is -0.384. The lowest BCUT2D eigenvalue weighted by Gasteiger charge is -2.36. The molecule has 2 saturated heterocycles. The third-order valence-electron chi connectivity index (χ3n) is 6.03. The molecule has 0 aliphatic carbocycles. The number of aromatic nitrogens is 2. The molecule has 0 bridgehead atoms. The number of non-ortho nitro benzene ring substituents is 1. The first-order chi connectivity index (χ1) is 14.7. The molecule has 2 fully saturated rings. The second-order valence-electron chi connectivity index (χ2n) is 8.11. The van der Waals surface area contributed by atoms with Crippen LogP contribution in [-0.4, -0.2) is 71.6 Å². The monoisotopic (exact) mass is 447 g/mol. The van der Waals surface area contributed by atoms with Crippen LogP contribution in [0.15, 0.2) is 24.3 Å². The Hall–Kier alpha value is -2.95. The van der Waals surface area contributed by atoms with Gasteiger partial charge in [-0.1, -0.05) is 6.07 Å². The number of hydrogen-bond donors (Lipinski definition) is 0. The average Bonchev–Trinajstić information content (AvgIpc) is 3.25. The summed E-state index contributed by atoms with van der Waals surface area (Å²) in [5.41, 5.74) is 2.99. The van der Waals surface area contributed by atoms with Gasteiger partial charge in [-0.05, 0) is 26.3 Å². The predicted octanol–water partition coefficient (Wildman–Crippen LogP) is 1.73. The second kappa shape index (κ2) is 7.95. The highest BCUT2D eigenvalue weighted by molar-refractivity contribution is 7.91. The van der Waals surface area contributed by atoms with Gasteiger partial charge in [0, 0.05) is 43.9 Å². The zero-order chi connectivity index (χ0) is 22.3. The number of benzene rings is 1. The van der Waals surface area contributed by atoms with E-state index in [1.54, 1.807) is 11.0 Å². The highest BCUT2D eigenvalue weighted by atomic mass is 32.2. The van der Waals surface area contributed by atoms with E-state index >= 15 is 0 Å². The molecule has 10 nitrogen and oxygen atoms in total. The van der Waals surface area contributed by atoms with Crippen LogP contribution in [-0.2, 0) is 9.84 Å². The summed E-state index contributed by atoms with van der Waals surface area (Å²) >= 11 is 0. The summed E-state index contributed by atoms with van der Waals surface area (Å²) in [5, 5.41) is 15.6. The number of nitro groups is 1. The summed E-state index contributed by atoms with van der Waals surface area (Å²) in [6.45, 7) is 6.07. The molecule has 1 atom stereocenters. The molecule has 0 saturated carbocycles. The smallest absolute Gasteiger partial charge is 0.270 e. The molecular formula is C20H25N5O5S. The fourth-order valence-electron chi connectivity index (χ4n) is 4.50. The van der Waals surface area contributed by atoms with Gasteiger partial charge in [0.15, 0.2) is 9.84 Å². The summed E-state index contributed by atoms with van der Waals surface area (Å²) in [6, 6.07) is 5.66. The minimum atomic E-state index is -3.00. The Morgan fingerprint density at radius 2 is 1.90 bits per heavy atom. The van der Waals surface area contributed by atoms with Crippen molar-refractivity contribution in [3.63, 3.8) is 0 Å². The summed E-state index contributed by atoms with van der Waals surface area (Å²) < 4.78 is 25.6. The van der Waals surface area contributed by atoms with Crippen molar-refractivity contribution in [3.05, 3.63) is 51.3 Å². The van der Waals surface area contributed by atoms with Gasteiger partial charge in [0.25, 0.3) is 11.6 Å². The maximum absolute atomic E-state index is 12.8. The van der Waals surface area contributed by atoms with Gasteiger partial charge in [-0.3, -0.25) is 19.6 Å². The van der Waals surface area contributed by atoms with Gasteiger partial charge in [-0.25, -0.2) is 8.42 Å². The third kappa shape index (κ3) is 4.14. The molecule has 1 unspecified atom stereocenters. The van der Waals surface area contributed by atoms with Gasteiger partial charge in [-0.2, -0.15) is 5.10 Å². The minimum Gasteiger partial charge on any atom is -0.365 e. The van der Waals surface area contributed by atoms with Crippen molar-refractivity contribution >= 4 is 27.1 Å². The largest absolute Gasteiger partial charge is 0.365 e. The van der Waals surface area contributed by atoms with Gasteiger partial charge in [0.2, 0.25) is 0 Å². The van der Waals surface area contributed by atoms with E-state index in [1.165, 1.54) is 18.2 Å². The number of sulfone groups is 1. The number of carbonyl (C=O) groups excluding carboxylic acids is 1. The summed E-state index contributed by atoms with van der Waals surface area (Å²) in [6.07, 6.45) is 0.579. The maximum atomic E-state index is 12.8. The minimum absolute atomic E-state index is 0.0999. The molecule has 1 aromatic carbocycles. The lowest BCUT2D eigenvalue weighted by atomic mass is 10.1. The average molecular weight is 448 g/mol. The van der Waals surface area contributed by atoms with Gasteiger partial charge in [-0.15, -0.1) is 0 Å². The second-order valence-corrected chi connectivity index (χ2v) is 10.3. The molecule has 3 heterocycles. The number of amides is 1. The van der Waals surface area contributed by atoms with Crippen LogP contribution < -0.4 is 4.90 Å². The fraction of sp³-hybridized carbons (Fsp3) is 0.500. The van der Waals surface area contributed by atoms with Crippen molar-refractivity contribution in [1.29, 1.82) is 0 Å². The molecule has 11 heteroatoms. The number of aryl methyl sites for hydroxylation is 1. The third-order valence-corrected chi connectivity index (χ3v) is 7.78. The summed E-state index contributed by atoms with van der Waals surface area (Å²) in [4.78, 5) is 27.2. The quantitative estimate of drug-likeness (QED) is 0.517. The molecule has 0 radical (unpaired) electrons. The van der Waals surface area contributed by atoms with Crippen molar-refractivity contribution < 1.29 is 18.1 Å². The predicted molar refractivity (Wildman–Crippen MR) is 115 cm³/mol. The fourth-order valence-corrected chi connectivity index (χ4v) is 6.20. The van der Waals surface area contributed by atoms with Crippen molar-refractivity contribution in [3.8, 4) is 0 Å². The van der Waals surface area contributed by atoms with Crippen LogP contribution in [0.1, 0.15) is 34.2 Å². The van der Waals surface area contributed by atoms with Crippen LogP contribution in [0.4, 0.5) is 11.4 Å². The van der Waals surface area contributed by atoms with E-state index < -0.39 is 14.8 Å². The number of hydrogen-bond acceptors (Lipinski definition) is 7. The first-order valence-electron chi connectivity index (χ1n) is 10.2. The highest BCUT2D eigenvalue weighted by Crippen LogP contribution is 2.31. The summed E-state index contributed by atoms with van der Waals surface area (Å²) in [5.74, 6) is 0.104. The highest BCUT2D eigenvalue weighted by Gasteiger charge is 2.33. The maximum Gasteiger partial charge on any atom is 0.270 e. The van der Waals surface area contributed by atoms with E-state index in [1.807, 2.05) is 18.5 Å². The lowest BCUT2D eigenvalue weighted by Crippen LogP contribution is -2.49. The molecule has 2 aliphatic heterocycles. The summed E-state index contributed by atoms with van der Waals surface area (Å²) in [7, 11) is -3.00. The number of nitrogens with zero attached hydrogens (tertiary/aromatic N) is 5. The van der Waals surface area contributed by atoms with E-state index in [0.717, 1.165) is 17.1 Å².